The molecule has 1 saturated heterocycles. The first-order valence-electron chi connectivity index (χ1n) is 11.2. The monoisotopic (exact) mass is 614 g/mol. The number of hydrogen-bond donors (Lipinski definition) is 1. The van der Waals surface area contributed by atoms with Crippen molar-refractivity contribution in [2.75, 3.05) is 4.90 Å². The summed E-state index contributed by atoms with van der Waals surface area (Å²) in [5.74, 6) is -0.556. The predicted octanol–water partition coefficient (Wildman–Crippen LogP) is 7.20. The van der Waals surface area contributed by atoms with E-state index in [9.17, 15) is 9.59 Å². The summed E-state index contributed by atoms with van der Waals surface area (Å²) in [5, 5.41) is 2.89. The predicted molar refractivity (Wildman–Crippen MR) is 156 cm³/mol. The minimum absolute atomic E-state index is 0.0790. The molecule has 3 aromatic rings. The van der Waals surface area contributed by atoms with Crippen molar-refractivity contribution >= 4 is 80.0 Å². The van der Waals surface area contributed by atoms with Crippen molar-refractivity contribution in [1.29, 1.82) is 0 Å². The lowest BCUT2D eigenvalue weighted by Gasteiger charge is -2.29. The number of ether oxygens (including phenoxy) is 1. The van der Waals surface area contributed by atoms with Crippen molar-refractivity contribution in [2.24, 2.45) is 0 Å². The molecule has 1 N–H and O–H groups in total. The van der Waals surface area contributed by atoms with E-state index >= 15 is 0 Å². The third-order valence-electron chi connectivity index (χ3n) is 5.60. The van der Waals surface area contributed by atoms with Crippen molar-refractivity contribution in [2.45, 2.75) is 20.0 Å². The maximum absolute atomic E-state index is 13.4. The Labute approximate surface area is 238 Å². The molecule has 0 aliphatic carbocycles. The van der Waals surface area contributed by atoms with Gasteiger partial charge in [-0.1, -0.05) is 65.2 Å². The van der Waals surface area contributed by atoms with E-state index in [4.69, 9.17) is 40.2 Å². The average Bonchev–Trinajstić information content (AvgIpc) is 2.85. The molecular weight excluding hydrogens is 595 g/mol. The second-order valence-corrected chi connectivity index (χ2v) is 10.3. The number of rotatable bonds is 7. The number of benzene rings is 3. The number of carbonyl (C=O) groups is 2. The Morgan fingerprint density at radius 3 is 2.57 bits per heavy atom. The SMILES string of the molecule is C=CCc1cc(/C=C2\C(=O)NC(=S)N(c3cccc(Cl)c3Cl)C2=O)cc(Br)c1OCc1ccc(C)cc1. The summed E-state index contributed by atoms with van der Waals surface area (Å²) < 4.78 is 6.81. The molecular formula is C28H21BrCl2N2O3S. The van der Waals surface area contributed by atoms with Crippen LogP contribution in [0.15, 0.2) is 77.3 Å². The lowest BCUT2D eigenvalue weighted by atomic mass is 10.0. The highest BCUT2D eigenvalue weighted by Gasteiger charge is 2.35. The molecule has 3 aromatic carbocycles. The van der Waals surface area contributed by atoms with Crippen LogP contribution in [-0.2, 0) is 22.6 Å². The van der Waals surface area contributed by atoms with E-state index < -0.39 is 11.8 Å². The van der Waals surface area contributed by atoms with Gasteiger partial charge in [-0.15, -0.1) is 6.58 Å². The summed E-state index contributed by atoms with van der Waals surface area (Å²) in [5.41, 5.74) is 3.85. The van der Waals surface area contributed by atoms with Gasteiger partial charge in [0.15, 0.2) is 5.11 Å². The summed E-state index contributed by atoms with van der Waals surface area (Å²) in [7, 11) is 0. The molecule has 1 heterocycles. The fourth-order valence-electron chi connectivity index (χ4n) is 3.77. The zero-order valence-electron chi connectivity index (χ0n) is 19.7. The highest BCUT2D eigenvalue weighted by molar-refractivity contribution is 9.10. The number of amides is 2. The minimum Gasteiger partial charge on any atom is -0.487 e. The van der Waals surface area contributed by atoms with Crippen LogP contribution in [0.4, 0.5) is 5.69 Å². The molecule has 0 bridgehead atoms. The molecule has 0 unspecified atom stereocenters. The van der Waals surface area contributed by atoms with Crippen molar-refractivity contribution in [3.05, 3.63) is 110 Å². The molecule has 188 valence electrons. The fraction of sp³-hybridized carbons (Fsp3) is 0.107. The van der Waals surface area contributed by atoms with E-state index in [2.05, 4.69) is 27.8 Å². The van der Waals surface area contributed by atoms with Gasteiger partial charge in [0, 0.05) is 0 Å². The largest absolute Gasteiger partial charge is 0.487 e. The van der Waals surface area contributed by atoms with E-state index in [0.29, 0.717) is 28.8 Å². The molecule has 0 aromatic heterocycles. The molecule has 0 spiro atoms. The van der Waals surface area contributed by atoms with Crippen LogP contribution in [0.25, 0.3) is 6.08 Å². The van der Waals surface area contributed by atoms with E-state index in [-0.39, 0.29) is 26.4 Å². The van der Waals surface area contributed by atoms with Crippen LogP contribution < -0.4 is 15.0 Å². The molecule has 5 nitrogen and oxygen atoms in total. The molecule has 1 fully saturated rings. The van der Waals surface area contributed by atoms with Gasteiger partial charge >= 0.3 is 0 Å². The smallest absolute Gasteiger partial charge is 0.270 e. The van der Waals surface area contributed by atoms with Crippen LogP contribution in [0.5, 0.6) is 5.75 Å². The Morgan fingerprint density at radius 1 is 1.14 bits per heavy atom. The molecule has 0 saturated carbocycles. The van der Waals surface area contributed by atoms with E-state index in [1.54, 1.807) is 30.3 Å². The molecule has 0 atom stereocenters. The van der Waals surface area contributed by atoms with Gasteiger partial charge in [0.05, 0.1) is 20.2 Å². The molecule has 1 aliphatic rings. The summed E-state index contributed by atoms with van der Waals surface area (Å²) >= 11 is 21.3. The minimum atomic E-state index is -0.612. The van der Waals surface area contributed by atoms with E-state index in [1.807, 2.05) is 37.3 Å². The average molecular weight is 616 g/mol. The fourth-order valence-corrected chi connectivity index (χ4v) is 5.06. The zero-order valence-corrected chi connectivity index (χ0v) is 23.6. The Balaban J connectivity index is 1.68. The van der Waals surface area contributed by atoms with Crippen LogP contribution in [0.3, 0.4) is 0 Å². The topological polar surface area (TPSA) is 58.6 Å². The first-order chi connectivity index (χ1) is 17.7. The number of allylic oxidation sites excluding steroid dienone is 1. The number of aryl methyl sites for hydroxylation is 1. The normalized spacial score (nSPS) is 14.6. The van der Waals surface area contributed by atoms with Crippen LogP contribution in [0, 0.1) is 6.92 Å². The summed E-state index contributed by atoms with van der Waals surface area (Å²) in [6.07, 6.45) is 3.79. The number of nitrogens with zero attached hydrogens (tertiary/aromatic N) is 1. The molecule has 2 amide bonds. The van der Waals surface area contributed by atoms with Gasteiger partial charge in [0.25, 0.3) is 11.8 Å². The highest BCUT2D eigenvalue weighted by atomic mass is 79.9. The Morgan fingerprint density at radius 2 is 1.86 bits per heavy atom. The van der Waals surface area contributed by atoms with Gasteiger partial charge in [-0.2, -0.15) is 0 Å². The summed E-state index contributed by atoms with van der Waals surface area (Å²) in [6.45, 7) is 6.26. The maximum Gasteiger partial charge on any atom is 0.270 e. The lowest BCUT2D eigenvalue weighted by molar-refractivity contribution is -0.122. The van der Waals surface area contributed by atoms with Crippen molar-refractivity contribution in [3.63, 3.8) is 0 Å². The van der Waals surface area contributed by atoms with Gasteiger partial charge in [-0.25, -0.2) is 0 Å². The van der Waals surface area contributed by atoms with Crippen molar-refractivity contribution in [1.82, 2.24) is 5.32 Å². The number of hydrogen-bond acceptors (Lipinski definition) is 4. The summed E-state index contributed by atoms with van der Waals surface area (Å²) in [6, 6.07) is 16.6. The second kappa shape index (κ2) is 11.6. The number of carbonyl (C=O) groups excluding carboxylic acids is 2. The molecule has 0 radical (unpaired) electrons. The molecule has 9 heteroatoms. The standard InChI is InChI=1S/C28H21BrCl2N2O3S/c1-3-5-19-12-18(14-21(29)25(19)36-15-17-10-8-16(2)9-11-17)13-20-26(34)32-28(37)33(27(20)35)23-7-4-6-22(30)24(23)31/h3-4,6-14H,1,5,15H2,2H3,(H,32,34,37)/b20-13+. The Hall–Kier alpha value is -2.97. The van der Waals surface area contributed by atoms with E-state index in [0.717, 1.165) is 16.0 Å². The first-order valence-corrected chi connectivity index (χ1v) is 13.1. The van der Waals surface area contributed by atoms with Gasteiger partial charge < -0.3 is 4.74 Å². The van der Waals surface area contributed by atoms with Crippen LogP contribution in [-0.4, -0.2) is 16.9 Å². The number of nitrogens with one attached hydrogen (secondary N) is 1. The van der Waals surface area contributed by atoms with Gasteiger partial charge in [0.2, 0.25) is 0 Å². The van der Waals surface area contributed by atoms with Crippen LogP contribution in [0.2, 0.25) is 10.0 Å². The second-order valence-electron chi connectivity index (χ2n) is 8.29. The van der Waals surface area contributed by atoms with Crippen molar-refractivity contribution in [3.8, 4) is 5.75 Å². The van der Waals surface area contributed by atoms with E-state index in [1.165, 1.54) is 11.6 Å². The highest BCUT2D eigenvalue weighted by Crippen LogP contribution is 2.36. The van der Waals surface area contributed by atoms with Gasteiger partial charge in [-0.05, 0) is 88.5 Å². The number of anilines is 1. The third kappa shape index (κ3) is 5.96. The maximum atomic E-state index is 13.4. The molecule has 37 heavy (non-hydrogen) atoms. The molecule has 4 rings (SSSR count). The Kier molecular flexibility index (Phi) is 8.49. The quantitative estimate of drug-likeness (QED) is 0.132. The van der Waals surface area contributed by atoms with Crippen LogP contribution in [0.1, 0.15) is 22.3 Å². The van der Waals surface area contributed by atoms with Crippen molar-refractivity contribution < 1.29 is 14.3 Å². The Bertz CT molecular complexity index is 1450. The zero-order chi connectivity index (χ0) is 26.7. The van der Waals surface area contributed by atoms with Gasteiger partial charge in [-0.3, -0.25) is 19.8 Å². The third-order valence-corrected chi connectivity index (χ3v) is 7.28. The molecule has 1 aliphatic heterocycles. The summed E-state index contributed by atoms with van der Waals surface area (Å²) in [4.78, 5) is 27.3. The number of halogens is 3. The van der Waals surface area contributed by atoms with Crippen LogP contribution >= 0.6 is 51.3 Å². The first kappa shape index (κ1) is 27.1. The van der Waals surface area contributed by atoms with Gasteiger partial charge in [0.1, 0.15) is 17.9 Å². The lowest BCUT2D eigenvalue weighted by Crippen LogP contribution is -2.54. The number of thiocarbonyl (C=S) groups is 1.